The summed E-state index contributed by atoms with van der Waals surface area (Å²) in [6.07, 6.45) is -11.3. The van der Waals surface area contributed by atoms with Crippen LogP contribution in [0.1, 0.15) is 11.1 Å². The topological polar surface area (TPSA) is 46.2 Å². The summed E-state index contributed by atoms with van der Waals surface area (Å²) in [5.74, 6) is -0.445. The zero-order chi connectivity index (χ0) is 17.5. The quantitative estimate of drug-likeness (QED) is 0.632. The molecule has 23 heavy (non-hydrogen) atoms. The molecule has 0 heterocycles. The predicted molar refractivity (Wildman–Crippen MR) is 71.9 cm³/mol. The number of phenolic OH excluding ortho intramolecular Hbond substituents is 1. The molecule has 0 aliphatic heterocycles. The number of rotatable bonds is 2. The maximum atomic E-state index is 13.7. The van der Waals surface area contributed by atoms with E-state index in [9.17, 15) is 26.3 Å². The van der Waals surface area contributed by atoms with Crippen LogP contribution in [0.3, 0.4) is 0 Å². The molecule has 0 aromatic heterocycles. The molecule has 124 valence electrons. The Balaban J connectivity index is 2.90. The third-order valence-corrected chi connectivity index (χ3v) is 3.47. The fraction of sp³-hybridized carbons (Fsp3) is 0.200. The van der Waals surface area contributed by atoms with E-state index in [1.165, 1.54) is 6.07 Å². The number of aromatic hydroxyl groups is 1. The Kier molecular flexibility index (Phi) is 3.96. The van der Waals surface area contributed by atoms with Crippen LogP contribution in [0.2, 0.25) is 0 Å². The number of hydrogen-bond donors (Lipinski definition) is 2. The van der Waals surface area contributed by atoms with Crippen LogP contribution in [-0.4, -0.2) is 17.5 Å². The van der Waals surface area contributed by atoms with Gasteiger partial charge in [0, 0.05) is 5.69 Å². The SMILES string of the molecule is Nc1cccc(C(c2ccc(O)cc2)(C(F)(F)F)C(F)(F)F)c1. The number of nitrogen functional groups attached to an aromatic ring is 1. The van der Waals surface area contributed by atoms with Crippen LogP contribution in [0.4, 0.5) is 32.0 Å². The van der Waals surface area contributed by atoms with Crippen molar-refractivity contribution in [1.82, 2.24) is 0 Å². The second-order valence-electron chi connectivity index (χ2n) is 4.92. The molecule has 0 unspecified atom stereocenters. The molecule has 0 radical (unpaired) electrons. The van der Waals surface area contributed by atoms with Crippen molar-refractivity contribution in [2.75, 3.05) is 5.73 Å². The van der Waals surface area contributed by atoms with Crippen LogP contribution < -0.4 is 5.73 Å². The summed E-state index contributed by atoms with van der Waals surface area (Å²) >= 11 is 0. The van der Waals surface area contributed by atoms with Crippen molar-refractivity contribution in [3.8, 4) is 5.75 Å². The molecular formula is C15H11F6NO. The zero-order valence-electron chi connectivity index (χ0n) is 11.4. The van der Waals surface area contributed by atoms with Crippen molar-refractivity contribution in [3.63, 3.8) is 0 Å². The number of alkyl halides is 6. The average molecular weight is 335 g/mol. The highest BCUT2D eigenvalue weighted by Crippen LogP contribution is 2.56. The van der Waals surface area contributed by atoms with Gasteiger partial charge in [-0.15, -0.1) is 0 Å². The monoisotopic (exact) mass is 335 g/mol. The lowest BCUT2D eigenvalue weighted by Gasteiger charge is -2.38. The molecule has 2 aromatic rings. The number of halogens is 6. The van der Waals surface area contributed by atoms with Crippen LogP contribution >= 0.6 is 0 Å². The van der Waals surface area contributed by atoms with E-state index in [1.54, 1.807) is 0 Å². The van der Waals surface area contributed by atoms with Crippen LogP contribution in [0.5, 0.6) is 5.75 Å². The molecule has 0 aliphatic rings. The van der Waals surface area contributed by atoms with Gasteiger partial charge in [0.25, 0.3) is 0 Å². The molecule has 2 aromatic carbocycles. The molecule has 0 saturated carbocycles. The highest BCUT2D eigenvalue weighted by atomic mass is 19.4. The lowest BCUT2D eigenvalue weighted by Crippen LogP contribution is -2.54. The van der Waals surface area contributed by atoms with Crippen molar-refractivity contribution in [2.24, 2.45) is 0 Å². The molecule has 2 rings (SSSR count). The smallest absolute Gasteiger partial charge is 0.411 e. The van der Waals surface area contributed by atoms with Crippen LogP contribution in [0.25, 0.3) is 0 Å². The lowest BCUT2D eigenvalue weighted by atomic mass is 9.73. The van der Waals surface area contributed by atoms with E-state index in [0.29, 0.717) is 18.2 Å². The van der Waals surface area contributed by atoms with Gasteiger partial charge in [-0.3, -0.25) is 0 Å². The molecule has 0 fully saturated rings. The van der Waals surface area contributed by atoms with E-state index in [-0.39, 0.29) is 5.69 Å². The number of phenols is 1. The first-order valence-electron chi connectivity index (χ1n) is 6.29. The summed E-state index contributed by atoms with van der Waals surface area (Å²) in [5.41, 5.74) is -1.19. The van der Waals surface area contributed by atoms with E-state index >= 15 is 0 Å². The van der Waals surface area contributed by atoms with E-state index < -0.39 is 34.6 Å². The Hall–Kier alpha value is -2.38. The molecule has 0 amide bonds. The van der Waals surface area contributed by atoms with Gasteiger partial charge in [0.2, 0.25) is 5.41 Å². The second kappa shape index (κ2) is 5.36. The third-order valence-electron chi connectivity index (χ3n) is 3.47. The molecule has 0 bridgehead atoms. The van der Waals surface area contributed by atoms with E-state index in [2.05, 4.69) is 0 Å². The number of benzene rings is 2. The highest BCUT2D eigenvalue weighted by molar-refractivity contribution is 5.51. The molecule has 0 spiro atoms. The van der Waals surface area contributed by atoms with Crippen LogP contribution in [0.15, 0.2) is 48.5 Å². The lowest BCUT2D eigenvalue weighted by molar-refractivity contribution is -0.288. The minimum atomic E-state index is -5.67. The van der Waals surface area contributed by atoms with E-state index in [1.807, 2.05) is 0 Å². The van der Waals surface area contributed by atoms with E-state index in [0.717, 1.165) is 24.3 Å². The van der Waals surface area contributed by atoms with Gasteiger partial charge in [-0.1, -0.05) is 24.3 Å². The number of nitrogens with two attached hydrogens (primary N) is 1. The van der Waals surface area contributed by atoms with Gasteiger partial charge in [0.15, 0.2) is 0 Å². The van der Waals surface area contributed by atoms with Gasteiger partial charge < -0.3 is 10.8 Å². The van der Waals surface area contributed by atoms with Crippen LogP contribution in [0, 0.1) is 0 Å². The van der Waals surface area contributed by atoms with Gasteiger partial charge in [-0.2, -0.15) is 26.3 Å². The van der Waals surface area contributed by atoms with Gasteiger partial charge in [0.1, 0.15) is 5.75 Å². The number of anilines is 1. The average Bonchev–Trinajstić information content (AvgIpc) is 2.38. The van der Waals surface area contributed by atoms with Gasteiger partial charge >= 0.3 is 12.4 Å². The van der Waals surface area contributed by atoms with Crippen molar-refractivity contribution in [1.29, 1.82) is 0 Å². The normalized spacial score (nSPS) is 13.1. The Bertz CT molecular complexity index is 676. The first-order chi connectivity index (χ1) is 10.5. The zero-order valence-corrected chi connectivity index (χ0v) is 11.4. The molecule has 0 aliphatic carbocycles. The second-order valence-corrected chi connectivity index (χ2v) is 4.92. The van der Waals surface area contributed by atoms with Crippen molar-refractivity contribution >= 4 is 5.69 Å². The van der Waals surface area contributed by atoms with Gasteiger partial charge in [-0.05, 0) is 35.4 Å². The van der Waals surface area contributed by atoms with Crippen molar-refractivity contribution < 1.29 is 31.4 Å². The van der Waals surface area contributed by atoms with Crippen LogP contribution in [-0.2, 0) is 5.41 Å². The fourth-order valence-corrected chi connectivity index (χ4v) is 2.47. The molecule has 0 atom stereocenters. The molecule has 0 saturated heterocycles. The molecule has 3 N–H and O–H groups in total. The maximum Gasteiger partial charge on any atom is 0.411 e. The third kappa shape index (κ3) is 2.69. The summed E-state index contributed by atoms with van der Waals surface area (Å²) in [6.45, 7) is 0. The summed E-state index contributed by atoms with van der Waals surface area (Å²) in [6, 6.07) is 6.33. The first-order valence-corrected chi connectivity index (χ1v) is 6.29. The van der Waals surface area contributed by atoms with Gasteiger partial charge in [0.05, 0.1) is 0 Å². The Labute approximate surface area is 127 Å². The Morgan fingerprint density at radius 1 is 0.739 bits per heavy atom. The summed E-state index contributed by atoms with van der Waals surface area (Å²) in [7, 11) is 0. The Morgan fingerprint density at radius 2 is 1.26 bits per heavy atom. The molecule has 2 nitrogen and oxygen atoms in total. The molecule has 8 heteroatoms. The summed E-state index contributed by atoms with van der Waals surface area (Å²) in [4.78, 5) is 0. The molecular weight excluding hydrogens is 324 g/mol. The standard InChI is InChI=1S/C15H11F6NO/c16-14(17,18)13(15(19,20)21,9-4-6-12(23)7-5-9)10-2-1-3-11(22)8-10/h1-8,23H,22H2. The number of hydrogen-bond acceptors (Lipinski definition) is 2. The largest absolute Gasteiger partial charge is 0.508 e. The van der Waals surface area contributed by atoms with E-state index in [4.69, 9.17) is 10.8 Å². The Morgan fingerprint density at radius 3 is 1.70 bits per heavy atom. The summed E-state index contributed by atoms with van der Waals surface area (Å²) in [5, 5.41) is 9.16. The predicted octanol–water partition coefficient (Wildman–Crippen LogP) is 4.39. The van der Waals surface area contributed by atoms with Crippen molar-refractivity contribution in [2.45, 2.75) is 17.8 Å². The van der Waals surface area contributed by atoms with Gasteiger partial charge in [-0.25, -0.2) is 0 Å². The minimum absolute atomic E-state index is 0.223. The minimum Gasteiger partial charge on any atom is -0.508 e. The van der Waals surface area contributed by atoms with Crippen molar-refractivity contribution in [3.05, 3.63) is 59.7 Å². The maximum absolute atomic E-state index is 13.7. The highest BCUT2D eigenvalue weighted by Gasteiger charge is 2.72. The summed E-state index contributed by atoms with van der Waals surface area (Å²) < 4.78 is 81.9. The first kappa shape index (κ1) is 17.0. The fourth-order valence-electron chi connectivity index (χ4n) is 2.47.